The second-order valence-corrected chi connectivity index (χ2v) is 7.37. The first-order chi connectivity index (χ1) is 10.6. The Balaban J connectivity index is 2.39. The first-order valence-electron chi connectivity index (χ1n) is 7.52. The van der Waals surface area contributed by atoms with Gasteiger partial charge in [-0.3, -0.25) is 4.99 Å². The van der Waals surface area contributed by atoms with E-state index in [1.165, 1.54) is 4.88 Å². The Hall–Kier alpha value is -1.46. The Labute approximate surface area is 140 Å². The molecule has 2 heterocycles. The molecule has 3 nitrogen and oxygen atoms in total. The lowest BCUT2D eigenvalue weighted by Gasteiger charge is -2.06. The molecule has 2 rings (SSSR count). The topological polar surface area (TPSA) is 29.6 Å². The molecule has 0 saturated carbocycles. The SMILES string of the molecule is C=CCN=c1scc(-c2cccs2)n1N=C(C)CCC(C)C. The maximum atomic E-state index is 4.82. The molecule has 0 aliphatic carbocycles. The fourth-order valence-corrected chi connectivity index (χ4v) is 3.59. The van der Waals surface area contributed by atoms with E-state index >= 15 is 0 Å². The molecule has 0 aliphatic heterocycles. The van der Waals surface area contributed by atoms with E-state index in [4.69, 9.17) is 5.10 Å². The van der Waals surface area contributed by atoms with Crippen LogP contribution in [-0.2, 0) is 0 Å². The third-order valence-electron chi connectivity index (χ3n) is 3.17. The molecule has 0 unspecified atom stereocenters. The van der Waals surface area contributed by atoms with Crippen molar-refractivity contribution >= 4 is 28.4 Å². The lowest BCUT2D eigenvalue weighted by molar-refractivity contribution is 0.601. The zero-order chi connectivity index (χ0) is 15.9. The molecule has 0 saturated heterocycles. The van der Waals surface area contributed by atoms with E-state index in [1.54, 1.807) is 22.7 Å². The van der Waals surface area contributed by atoms with Gasteiger partial charge in [-0.15, -0.1) is 29.3 Å². The standard InChI is InChI=1S/C17H23N3S2/c1-5-10-18-17-20(19-14(4)9-8-13(2)3)15(12-22-17)16-7-6-11-21-16/h5-7,11-13H,1,8-10H2,2-4H3. The summed E-state index contributed by atoms with van der Waals surface area (Å²) in [5.74, 6) is 0.694. The van der Waals surface area contributed by atoms with Gasteiger partial charge in [0.25, 0.3) is 0 Å². The number of thiophene rings is 1. The van der Waals surface area contributed by atoms with E-state index < -0.39 is 0 Å². The summed E-state index contributed by atoms with van der Waals surface area (Å²) in [5.41, 5.74) is 2.26. The highest BCUT2D eigenvalue weighted by atomic mass is 32.1. The monoisotopic (exact) mass is 333 g/mol. The Morgan fingerprint density at radius 1 is 1.41 bits per heavy atom. The summed E-state index contributed by atoms with van der Waals surface area (Å²) in [4.78, 5) is 6.71. The van der Waals surface area contributed by atoms with Gasteiger partial charge in [0, 0.05) is 11.1 Å². The summed E-state index contributed by atoms with van der Waals surface area (Å²) >= 11 is 3.36. The van der Waals surface area contributed by atoms with E-state index in [2.05, 4.69) is 55.2 Å². The maximum absolute atomic E-state index is 4.82. The van der Waals surface area contributed by atoms with E-state index in [1.807, 2.05) is 10.8 Å². The minimum Gasteiger partial charge on any atom is -0.253 e. The molecule has 0 N–H and O–H groups in total. The molecule has 0 bridgehead atoms. The van der Waals surface area contributed by atoms with Crippen molar-refractivity contribution in [3.63, 3.8) is 0 Å². The third-order valence-corrected chi connectivity index (χ3v) is 4.92. The van der Waals surface area contributed by atoms with Gasteiger partial charge in [-0.05, 0) is 37.1 Å². The third kappa shape index (κ3) is 4.52. The van der Waals surface area contributed by atoms with Crippen LogP contribution in [0.5, 0.6) is 0 Å². The highest BCUT2D eigenvalue weighted by Crippen LogP contribution is 2.25. The minimum atomic E-state index is 0.616. The summed E-state index contributed by atoms with van der Waals surface area (Å²) in [6, 6.07) is 4.19. The van der Waals surface area contributed by atoms with Crippen molar-refractivity contribution in [3.05, 3.63) is 40.3 Å². The molecule has 0 amide bonds. The first kappa shape index (κ1) is 16.9. The summed E-state index contributed by atoms with van der Waals surface area (Å²) in [5, 5.41) is 9.04. The minimum absolute atomic E-state index is 0.616. The molecule has 0 fully saturated rings. The molecule has 2 aromatic heterocycles. The molecule has 0 aromatic carbocycles. The van der Waals surface area contributed by atoms with Crippen LogP contribution in [0.15, 0.2) is 45.6 Å². The number of nitrogens with zero attached hydrogens (tertiary/aromatic N) is 3. The van der Waals surface area contributed by atoms with Crippen LogP contribution in [0.4, 0.5) is 0 Å². The van der Waals surface area contributed by atoms with Gasteiger partial charge < -0.3 is 0 Å². The van der Waals surface area contributed by atoms with Crippen molar-refractivity contribution in [1.29, 1.82) is 0 Å². The molecule has 0 spiro atoms. The highest BCUT2D eigenvalue weighted by Gasteiger charge is 2.09. The number of aromatic nitrogens is 1. The Morgan fingerprint density at radius 3 is 2.86 bits per heavy atom. The van der Waals surface area contributed by atoms with Crippen LogP contribution in [0.1, 0.15) is 33.6 Å². The average molecular weight is 334 g/mol. The maximum Gasteiger partial charge on any atom is 0.206 e. The molecular formula is C17H23N3S2. The largest absolute Gasteiger partial charge is 0.253 e. The van der Waals surface area contributed by atoms with Crippen molar-refractivity contribution in [2.45, 2.75) is 33.6 Å². The van der Waals surface area contributed by atoms with Gasteiger partial charge in [0.15, 0.2) is 0 Å². The summed E-state index contributed by atoms with van der Waals surface area (Å²) in [6.07, 6.45) is 3.99. The number of hydrogen-bond acceptors (Lipinski definition) is 4. The fraction of sp³-hybridized carbons (Fsp3) is 0.412. The highest BCUT2D eigenvalue weighted by molar-refractivity contribution is 7.14. The van der Waals surface area contributed by atoms with Crippen LogP contribution in [0.25, 0.3) is 10.6 Å². The molecule has 22 heavy (non-hydrogen) atoms. The van der Waals surface area contributed by atoms with Crippen LogP contribution >= 0.6 is 22.7 Å². The molecule has 0 radical (unpaired) electrons. The van der Waals surface area contributed by atoms with Crippen molar-refractivity contribution < 1.29 is 0 Å². The lowest BCUT2D eigenvalue weighted by Crippen LogP contribution is -2.14. The molecule has 0 atom stereocenters. The zero-order valence-electron chi connectivity index (χ0n) is 13.5. The Morgan fingerprint density at radius 2 is 2.23 bits per heavy atom. The number of rotatable bonds is 7. The second kappa shape index (κ2) is 8.25. The van der Waals surface area contributed by atoms with E-state index in [-0.39, 0.29) is 0 Å². The van der Waals surface area contributed by atoms with E-state index in [0.717, 1.165) is 29.0 Å². The van der Waals surface area contributed by atoms with Crippen molar-refractivity contribution in [2.75, 3.05) is 6.54 Å². The van der Waals surface area contributed by atoms with Gasteiger partial charge in [-0.2, -0.15) is 5.10 Å². The molecule has 118 valence electrons. The van der Waals surface area contributed by atoms with Crippen molar-refractivity contribution in [2.24, 2.45) is 16.0 Å². The first-order valence-corrected chi connectivity index (χ1v) is 9.28. The summed E-state index contributed by atoms with van der Waals surface area (Å²) < 4.78 is 1.98. The lowest BCUT2D eigenvalue weighted by atomic mass is 10.1. The zero-order valence-corrected chi connectivity index (χ0v) is 15.1. The van der Waals surface area contributed by atoms with Crippen LogP contribution in [0, 0.1) is 5.92 Å². The van der Waals surface area contributed by atoms with Crippen LogP contribution in [-0.4, -0.2) is 16.9 Å². The van der Waals surface area contributed by atoms with Crippen LogP contribution in [0.3, 0.4) is 0 Å². The van der Waals surface area contributed by atoms with Gasteiger partial charge in [-0.1, -0.05) is 26.0 Å². The van der Waals surface area contributed by atoms with Gasteiger partial charge in [-0.25, -0.2) is 4.68 Å². The Kier molecular flexibility index (Phi) is 6.34. The average Bonchev–Trinajstić information content (AvgIpc) is 3.12. The predicted octanol–water partition coefficient (Wildman–Crippen LogP) is 5.03. The number of hydrogen-bond donors (Lipinski definition) is 0. The van der Waals surface area contributed by atoms with Gasteiger partial charge in [0.05, 0.1) is 17.1 Å². The smallest absolute Gasteiger partial charge is 0.206 e. The molecular weight excluding hydrogens is 310 g/mol. The van der Waals surface area contributed by atoms with Gasteiger partial charge >= 0.3 is 0 Å². The van der Waals surface area contributed by atoms with E-state index in [0.29, 0.717) is 12.5 Å². The summed E-state index contributed by atoms with van der Waals surface area (Å²) in [6.45, 7) is 10.9. The van der Waals surface area contributed by atoms with Crippen molar-refractivity contribution in [3.8, 4) is 10.6 Å². The van der Waals surface area contributed by atoms with Crippen LogP contribution in [0.2, 0.25) is 0 Å². The molecule has 2 aromatic rings. The van der Waals surface area contributed by atoms with Crippen LogP contribution < -0.4 is 4.80 Å². The molecule has 5 heteroatoms. The van der Waals surface area contributed by atoms with Gasteiger partial charge in [0.1, 0.15) is 0 Å². The normalized spacial score (nSPS) is 13.1. The van der Waals surface area contributed by atoms with Crippen molar-refractivity contribution in [1.82, 2.24) is 4.68 Å². The molecule has 0 aliphatic rings. The summed E-state index contributed by atoms with van der Waals surface area (Å²) in [7, 11) is 0. The fourth-order valence-electron chi connectivity index (χ4n) is 1.96. The quantitative estimate of drug-likeness (QED) is 0.503. The van der Waals surface area contributed by atoms with E-state index in [9.17, 15) is 0 Å². The predicted molar refractivity (Wildman–Crippen MR) is 98.8 cm³/mol. The Bertz CT molecular complexity index is 688. The van der Waals surface area contributed by atoms with Gasteiger partial charge in [0.2, 0.25) is 4.80 Å². The second-order valence-electron chi connectivity index (χ2n) is 5.59. The number of thiazole rings is 1.